The number of hydrogen-bond donors (Lipinski definition) is 1. The predicted octanol–water partition coefficient (Wildman–Crippen LogP) is 0.750. The molecule has 2 N–H and O–H groups in total. The Morgan fingerprint density at radius 1 is 1.56 bits per heavy atom. The highest BCUT2D eigenvalue weighted by molar-refractivity contribution is 5.19. The van der Waals surface area contributed by atoms with Crippen molar-refractivity contribution in [3.05, 3.63) is 17.0 Å². The zero-order valence-electron chi connectivity index (χ0n) is 5.64. The van der Waals surface area contributed by atoms with Crippen LogP contribution >= 0.6 is 0 Å². The van der Waals surface area contributed by atoms with E-state index < -0.39 is 0 Å². The van der Waals surface area contributed by atoms with E-state index in [4.69, 9.17) is 10.3 Å². The van der Waals surface area contributed by atoms with Gasteiger partial charge in [-0.3, -0.25) is 0 Å². The number of nitrogens with two attached hydrogens (primary N) is 1. The first-order chi connectivity index (χ1) is 4.25. The van der Waals surface area contributed by atoms with Crippen LogP contribution < -0.4 is 5.73 Å². The summed E-state index contributed by atoms with van der Waals surface area (Å²) < 4.78 is 4.86. The van der Waals surface area contributed by atoms with Crippen LogP contribution in [0, 0.1) is 13.8 Å². The molecule has 1 aromatic rings. The molecule has 1 rings (SSSR count). The molecule has 0 atom stereocenters. The minimum absolute atomic E-state index is 0.461. The number of aryl methyl sites for hydroxylation is 1. The maximum Gasteiger partial charge on any atom is 0.136 e. The van der Waals surface area contributed by atoms with E-state index in [9.17, 15) is 0 Å². The zero-order valence-corrected chi connectivity index (χ0v) is 5.64. The van der Waals surface area contributed by atoms with E-state index in [2.05, 4.69) is 5.16 Å². The molecule has 50 valence electrons. The van der Waals surface area contributed by atoms with E-state index in [1.54, 1.807) is 0 Å². The number of nitrogens with zero attached hydrogens (tertiary/aromatic N) is 1. The second-order valence-corrected chi connectivity index (χ2v) is 2.01. The standard InChI is InChI=1S/C6H10N2O/c1-4-5(2)9-8-6(4)3-7/h3,7H2,1-2H3. The fraction of sp³-hybridized carbons (Fsp3) is 0.500. The molecule has 1 aromatic heterocycles. The molecule has 0 aliphatic rings. The van der Waals surface area contributed by atoms with E-state index >= 15 is 0 Å². The average Bonchev–Trinajstić information content (AvgIpc) is 2.15. The monoisotopic (exact) mass is 126 g/mol. The summed E-state index contributed by atoms with van der Waals surface area (Å²) in [6, 6.07) is 0. The highest BCUT2D eigenvalue weighted by Gasteiger charge is 2.03. The first kappa shape index (κ1) is 6.29. The molecular formula is C6H10N2O. The second-order valence-electron chi connectivity index (χ2n) is 2.01. The maximum absolute atomic E-state index is 5.34. The molecule has 0 saturated carbocycles. The van der Waals surface area contributed by atoms with Crippen molar-refractivity contribution in [3.63, 3.8) is 0 Å². The van der Waals surface area contributed by atoms with Crippen LogP contribution in [-0.4, -0.2) is 5.16 Å². The van der Waals surface area contributed by atoms with Gasteiger partial charge >= 0.3 is 0 Å². The molecule has 0 aliphatic heterocycles. The Kier molecular flexibility index (Phi) is 1.53. The topological polar surface area (TPSA) is 52.0 Å². The molecule has 0 amide bonds. The fourth-order valence-electron chi connectivity index (χ4n) is 0.654. The van der Waals surface area contributed by atoms with E-state index in [1.807, 2.05) is 13.8 Å². The lowest BCUT2D eigenvalue weighted by atomic mass is 10.2. The van der Waals surface area contributed by atoms with Crippen molar-refractivity contribution >= 4 is 0 Å². The van der Waals surface area contributed by atoms with Crippen molar-refractivity contribution in [1.29, 1.82) is 0 Å². The molecule has 0 radical (unpaired) electrons. The minimum Gasteiger partial charge on any atom is -0.361 e. The van der Waals surface area contributed by atoms with Crippen molar-refractivity contribution in [2.75, 3.05) is 0 Å². The van der Waals surface area contributed by atoms with Crippen molar-refractivity contribution in [3.8, 4) is 0 Å². The van der Waals surface area contributed by atoms with Gasteiger partial charge in [-0.2, -0.15) is 0 Å². The maximum atomic E-state index is 5.34. The van der Waals surface area contributed by atoms with Crippen LogP contribution in [-0.2, 0) is 6.54 Å². The van der Waals surface area contributed by atoms with Gasteiger partial charge in [0.1, 0.15) is 11.5 Å². The molecule has 0 bridgehead atoms. The first-order valence-corrected chi connectivity index (χ1v) is 2.87. The van der Waals surface area contributed by atoms with Crippen LogP contribution in [0.4, 0.5) is 0 Å². The molecule has 0 aliphatic carbocycles. The van der Waals surface area contributed by atoms with E-state index in [1.165, 1.54) is 0 Å². The second kappa shape index (κ2) is 2.19. The summed E-state index contributed by atoms with van der Waals surface area (Å²) in [5.74, 6) is 0.857. The molecule has 0 saturated heterocycles. The molecular weight excluding hydrogens is 116 g/mol. The van der Waals surface area contributed by atoms with Crippen molar-refractivity contribution in [1.82, 2.24) is 5.16 Å². The molecule has 0 spiro atoms. The molecule has 9 heavy (non-hydrogen) atoms. The van der Waals surface area contributed by atoms with E-state index in [0.29, 0.717) is 6.54 Å². The van der Waals surface area contributed by atoms with Gasteiger partial charge in [0.15, 0.2) is 0 Å². The Morgan fingerprint density at radius 2 is 2.22 bits per heavy atom. The Labute approximate surface area is 53.8 Å². The fourth-order valence-corrected chi connectivity index (χ4v) is 0.654. The van der Waals surface area contributed by atoms with Crippen molar-refractivity contribution < 1.29 is 4.52 Å². The predicted molar refractivity (Wildman–Crippen MR) is 33.9 cm³/mol. The highest BCUT2D eigenvalue weighted by atomic mass is 16.5. The molecule has 0 fully saturated rings. The third-order valence-corrected chi connectivity index (χ3v) is 1.45. The lowest BCUT2D eigenvalue weighted by molar-refractivity contribution is 0.390. The average molecular weight is 126 g/mol. The van der Waals surface area contributed by atoms with Crippen molar-refractivity contribution in [2.45, 2.75) is 20.4 Å². The summed E-state index contributed by atoms with van der Waals surface area (Å²) in [7, 11) is 0. The summed E-state index contributed by atoms with van der Waals surface area (Å²) in [6.07, 6.45) is 0. The van der Waals surface area contributed by atoms with Gasteiger partial charge in [-0.1, -0.05) is 5.16 Å². The Hall–Kier alpha value is -0.830. The largest absolute Gasteiger partial charge is 0.361 e. The molecule has 1 heterocycles. The van der Waals surface area contributed by atoms with Crippen LogP contribution in [0.2, 0.25) is 0 Å². The Morgan fingerprint density at radius 3 is 2.44 bits per heavy atom. The van der Waals surface area contributed by atoms with Gasteiger partial charge in [-0.25, -0.2) is 0 Å². The van der Waals surface area contributed by atoms with Crippen LogP contribution in [0.15, 0.2) is 4.52 Å². The molecule has 0 unspecified atom stereocenters. The normalized spacial score (nSPS) is 10.1. The van der Waals surface area contributed by atoms with E-state index in [-0.39, 0.29) is 0 Å². The summed E-state index contributed by atoms with van der Waals surface area (Å²) >= 11 is 0. The zero-order chi connectivity index (χ0) is 6.85. The first-order valence-electron chi connectivity index (χ1n) is 2.87. The van der Waals surface area contributed by atoms with Gasteiger partial charge in [-0.05, 0) is 13.8 Å². The van der Waals surface area contributed by atoms with Crippen LogP contribution in [0.25, 0.3) is 0 Å². The van der Waals surface area contributed by atoms with Crippen LogP contribution in [0.5, 0.6) is 0 Å². The van der Waals surface area contributed by atoms with Crippen LogP contribution in [0.1, 0.15) is 17.0 Å². The minimum atomic E-state index is 0.461. The Bertz CT molecular complexity index is 205. The third kappa shape index (κ3) is 0.954. The van der Waals surface area contributed by atoms with Crippen molar-refractivity contribution in [2.24, 2.45) is 5.73 Å². The summed E-state index contributed by atoms with van der Waals surface area (Å²) in [4.78, 5) is 0. The van der Waals surface area contributed by atoms with Gasteiger partial charge < -0.3 is 10.3 Å². The molecule has 0 aromatic carbocycles. The molecule has 3 nitrogen and oxygen atoms in total. The quantitative estimate of drug-likeness (QED) is 0.604. The SMILES string of the molecule is Cc1onc(CN)c1C. The highest BCUT2D eigenvalue weighted by Crippen LogP contribution is 2.09. The van der Waals surface area contributed by atoms with E-state index in [0.717, 1.165) is 17.0 Å². The van der Waals surface area contributed by atoms with Gasteiger partial charge in [0.05, 0.1) is 0 Å². The summed E-state index contributed by atoms with van der Waals surface area (Å²) in [5, 5.41) is 3.73. The molecule has 3 heteroatoms. The summed E-state index contributed by atoms with van der Waals surface area (Å²) in [5.41, 5.74) is 7.26. The number of aromatic nitrogens is 1. The van der Waals surface area contributed by atoms with Gasteiger partial charge in [0.25, 0.3) is 0 Å². The smallest absolute Gasteiger partial charge is 0.136 e. The van der Waals surface area contributed by atoms with Gasteiger partial charge in [0, 0.05) is 12.1 Å². The van der Waals surface area contributed by atoms with Gasteiger partial charge in [-0.15, -0.1) is 0 Å². The number of rotatable bonds is 1. The lowest BCUT2D eigenvalue weighted by Gasteiger charge is -1.86. The lowest BCUT2D eigenvalue weighted by Crippen LogP contribution is -1.97. The van der Waals surface area contributed by atoms with Gasteiger partial charge in [0.2, 0.25) is 0 Å². The number of hydrogen-bond acceptors (Lipinski definition) is 3. The third-order valence-electron chi connectivity index (χ3n) is 1.45. The summed E-state index contributed by atoms with van der Waals surface area (Å²) in [6.45, 7) is 4.29. The Balaban J connectivity index is 3.04. The van der Waals surface area contributed by atoms with Crippen LogP contribution in [0.3, 0.4) is 0 Å².